The number of piperazine rings is 1. The molecule has 138 valence electrons. The third-order valence-electron chi connectivity index (χ3n) is 4.93. The van der Waals surface area contributed by atoms with E-state index in [2.05, 4.69) is 51.6 Å². The van der Waals surface area contributed by atoms with Gasteiger partial charge >= 0.3 is 0 Å². The summed E-state index contributed by atoms with van der Waals surface area (Å²) in [5.74, 6) is 0.634. The molecule has 0 radical (unpaired) electrons. The van der Waals surface area contributed by atoms with Crippen molar-refractivity contribution >= 4 is 5.91 Å². The summed E-state index contributed by atoms with van der Waals surface area (Å²) in [5, 5.41) is 7.45. The first-order valence-corrected chi connectivity index (χ1v) is 9.18. The normalized spacial score (nSPS) is 17.1. The molecular weight excluding hydrogens is 340 g/mol. The summed E-state index contributed by atoms with van der Waals surface area (Å²) in [5.41, 5.74) is 3.03. The first-order valence-electron chi connectivity index (χ1n) is 9.18. The molecule has 0 bridgehead atoms. The second-order valence-corrected chi connectivity index (χ2v) is 6.56. The molecule has 1 saturated heterocycles. The Hall–Kier alpha value is -3.06. The van der Waals surface area contributed by atoms with Crippen molar-refractivity contribution < 1.29 is 4.79 Å². The molecule has 1 aliphatic rings. The van der Waals surface area contributed by atoms with E-state index >= 15 is 0 Å². The van der Waals surface area contributed by atoms with Gasteiger partial charge in [0.25, 0.3) is 5.91 Å². The van der Waals surface area contributed by atoms with Gasteiger partial charge < -0.3 is 10.2 Å². The second-order valence-electron chi connectivity index (χ2n) is 6.56. The van der Waals surface area contributed by atoms with Crippen LogP contribution in [0.1, 0.15) is 34.5 Å². The number of hydrogen-bond donors (Lipinski definition) is 1. The average Bonchev–Trinajstić information content (AvgIpc) is 3.28. The molecule has 3 heterocycles. The van der Waals surface area contributed by atoms with Crippen molar-refractivity contribution in [1.82, 2.24) is 30.0 Å². The molecule has 1 fully saturated rings. The van der Waals surface area contributed by atoms with Gasteiger partial charge in [-0.1, -0.05) is 31.2 Å². The van der Waals surface area contributed by atoms with E-state index in [0.717, 1.165) is 25.1 Å². The summed E-state index contributed by atoms with van der Waals surface area (Å²) in [6.45, 7) is 4.36. The topological polar surface area (TPSA) is 75.9 Å². The summed E-state index contributed by atoms with van der Waals surface area (Å²) in [4.78, 5) is 23.3. The number of nitrogens with zero attached hydrogens (tertiary/aromatic N) is 5. The molecule has 1 N–H and O–H groups in total. The number of rotatable bonds is 4. The highest BCUT2D eigenvalue weighted by molar-refractivity contribution is 5.94. The Bertz CT molecular complexity index is 889. The zero-order chi connectivity index (χ0) is 18.6. The number of carbonyl (C=O) groups is 1. The van der Waals surface area contributed by atoms with Crippen LogP contribution in [0.3, 0.4) is 0 Å². The van der Waals surface area contributed by atoms with Crippen LogP contribution < -0.4 is 5.32 Å². The molecule has 1 aromatic carbocycles. The summed E-state index contributed by atoms with van der Waals surface area (Å²) >= 11 is 0. The van der Waals surface area contributed by atoms with E-state index in [4.69, 9.17) is 0 Å². The van der Waals surface area contributed by atoms with E-state index in [-0.39, 0.29) is 11.9 Å². The number of pyridine rings is 1. The van der Waals surface area contributed by atoms with Crippen molar-refractivity contribution in [1.29, 1.82) is 0 Å². The Balaban J connectivity index is 1.56. The van der Waals surface area contributed by atoms with Gasteiger partial charge in [0.1, 0.15) is 12.7 Å². The third kappa shape index (κ3) is 3.59. The first-order chi connectivity index (χ1) is 13.3. The van der Waals surface area contributed by atoms with E-state index in [0.29, 0.717) is 17.9 Å². The Morgan fingerprint density at radius 3 is 2.74 bits per heavy atom. The lowest BCUT2D eigenvalue weighted by molar-refractivity contribution is 0.0634. The van der Waals surface area contributed by atoms with Gasteiger partial charge in [0.05, 0.1) is 11.6 Å². The summed E-state index contributed by atoms with van der Waals surface area (Å²) in [6, 6.07) is 12.1. The predicted octanol–water partition coefficient (Wildman–Crippen LogP) is 2.01. The largest absolute Gasteiger partial charge is 0.329 e. The minimum absolute atomic E-state index is 0.00120. The number of hydrogen-bond acceptors (Lipinski definition) is 5. The standard InChI is InChI=1S/C20H22N6O/c1-2-15-3-5-16(6-4-15)18-12-21-9-10-25(18)20(27)17-7-8-19(23-11-17)26-14-22-13-24-26/h3-8,11,13-14,18,21H,2,9-10,12H2,1H3. The predicted molar refractivity (Wildman–Crippen MR) is 102 cm³/mol. The lowest BCUT2D eigenvalue weighted by atomic mass is 10.00. The van der Waals surface area contributed by atoms with Gasteiger partial charge in [-0.25, -0.2) is 14.6 Å². The minimum Gasteiger partial charge on any atom is -0.329 e. The Morgan fingerprint density at radius 1 is 1.22 bits per heavy atom. The van der Waals surface area contributed by atoms with Crippen LogP contribution in [-0.2, 0) is 6.42 Å². The average molecular weight is 362 g/mol. The lowest BCUT2D eigenvalue weighted by Gasteiger charge is -2.36. The van der Waals surface area contributed by atoms with Gasteiger partial charge in [0.2, 0.25) is 0 Å². The number of nitrogens with one attached hydrogen (secondary N) is 1. The van der Waals surface area contributed by atoms with Gasteiger partial charge in [-0.2, -0.15) is 5.10 Å². The Labute approximate surface area is 158 Å². The van der Waals surface area contributed by atoms with Crippen molar-refractivity contribution in [3.8, 4) is 5.82 Å². The SMILES string of the molecule is CCc1ccc(C2CNCCN2C(=O)c2ccc(-n3cncn3)nc2)cc1. The van der Waals surface area contributed by atoms with E-state index < -0.39 is 0 Å². The third-order valence-corrected chi connectivity index (χ3v) is 4.93. The molecule has 2 aromatic heterocycles. The minimum atomic E-state index is -0.00120. The number of benzene rings is 1. The molecule has 1 atom stereocenters. The van der Waals surface area contributed by atoms with Crippen LogP contribution in [0, 0.1) is 0 Å². The molecule has 0 spiro atoms. The summed E-state index contributed by atoms with van der Waals surface area (Å²) in [7, 11) is 0. The Morgan fingerprint density at radius 2 is 2.07 bits per heavy atom. The molecule has 0 aliphatic carbocycles. The van der Waals surface area contributed by atoms with Gasteiger partial charge in [0.15, 0.2) is 5.82 Å². The number of carbonyl (C=O) groups excluding carboxylic acids is 1. The van der Waals surface area contributed by atoms with Crippen molar-refractivity contribution in [3.63, 3.8) is 0 Å². The van der Waals surface area contributed by atoms with Crippen LogP contribution in [0.25, 0.3) is 5.82 Å². The number of amides is 1. The molecule has 1 aliphatic heterocycles. The molecule has 7 nitrogen and oxygen atoms in total. The smallest absolute Gasteiger partial charge is 0.256 e. The van der Waals surface area contributed by atoms with Gasteiger partial charge in [0, 0.05) is 25.8 Å². The molecule has 1 unspecified atom stereocenters. The monoisotopic (exact) mass is 362 g/mol. The van der Waals surface area contributed by atoms with E-state index in [1.807, 2.05) is 4.90 Å². The van der Waals surface area contributed by atoms with Crippen LogP contribution >= 0.6 is 0 Å². The number of aryl methyl sites for hydroxylation is 1. The van der Waals surface area contributed by atoms with Gasteiger partial charge in [-0.05, 0) is 29.7 Å². The molecule has 7 heteroatoms. The zero-order valence-corrected chi connectivity index (χ0v) is 15.2. The fourth-order valence-corrected chi connectivity index (χ4v) is 3.36. The lowest BCUT2D eigenvalue weighted by Crippen LogP contribution is -2.48. The van der Waals surface area contributed by atoms with Crippen molar-refractivity contribution in [2.24, 2.45) is 0 Å². The van der Waals surface area contributed by atoms with E-state index in [1.165, 1.54) is 11.9 Å². The molecule has 27 heavy (non-hydrogen) atoms. The Kier molecular flexibility index (Phi) is 4.93. The van der Waals surface area contributed by atoms with Crippen LogP contribution in [0.15, 0.2) is 55.2 Å². The molecule has 4 rings (SSSR count). The van der Waals surface area contributed by atoms with Crippen molar-refractivity contribution in [3.05, 3.63) is 71.9 Å². The van der Waals surface area contributed by atoms with E-state index in [1.54, 1.807) is 29.3 Å². The maximum atomic E-state index is 13.1. The summed E-state index contributed by atoms with van der Waals surface area (Å²) < 4.78 is 1.57. The van der Waals surface area contributed by atoms with Crippen LogP contribution in [0.4, 0.5) is 0 Å². The highest BCUT2D eigenvalue weighted by Gasteiger charge is 2.28. The summed E-state index contributed by atoms with van der Waals surface area (Å²) in [6.07, 6.45) is 5.65. The fourth-order valence-electron chi connectivity index (χ4n) is 3.36. The first kappa shape index (κ1) is 17.4. The van der Waals surface area contributed by atoms with Crippen LogP contribution in [-0.4, -0.2) is 50.2 Å². The zero-order valence-electron chi connectivity index (χ0n) is 15.2. The molecular formula is C20H22N6O. The highest BCUT2D eigenvalue weighted by atomic mass is 16.2. The van der Waals surface area contributed by atoms with Gasteiger partial charge in [-0.15, -0.1) is 0 Å². The van der Waals surface area contributed by atoms with Crippen LogP contribution in [0.5, 0.6) is 0 Å². The second kappa shape index (κ2) is 7.67. The number of aromatic nitrogens is 4. The maximum absolute atomic E-state index is 13.1. The van der Waals surface area contributed by atoms with E-state index in [9.17, 15) is 4.79 Å². The van der Waals surface area contributed by atoms with Crippen LogP contribution in [0.2, 0.25) is 0 Å². The molecule has 0 saturated carbocycles. The fraction of sp³-hybridized carbons (Fsp3) is 0.300. The van der Waals surface area contributed by atoms with Gasteiger partial charge in [-0.3, -0.25) is 4.79 Å². The quantitative estimate of drug-likeness (QED) is 0.768. The highest BCUT2D eigenvalue weighted by Crippen LogP contribution is 2.24. The molecule has 1 amide bonds. The van der Waals surface area contributed by atoms with Crippen molar-refractivity contribution in [2.45, 2.75) is 19.4 Å². The maximum Gasteiger partial charge on any atom is 0.256 e. The van der Waals surface area contributed by atoms with Crippen molar-refractivity contribution in [2.75, 3.05) is 19.6 Å². The molecule has 3 aromatic rings.